The Morgan fingerprint density at radius 3 is 2.47 bits per heavy atom. The van der Waals surface area contributed by atoms with Crippen LogP contribution in [0.1, 0.15) is 18.1 Å². The molecule has 0 spiro atoms. The Balaban J connectivity index is 2.34. The largest absolute Gasteiger partial charge is 0.573 e. The van der Waals surface area contributed by atoms with Crippen LogP contribution in [0, 0.1) is 11.3 Å². The van der Waals surface area contributed by atoms with Crippen LogP contribution in [-0.4, -0.2) is 17.9 Å². The maximum atomic E-state index is 12.2. The van der Waals surface area contributed by atoms with E-state index < -0.39 is 12.1 Å². The van der Waals surface area contributed by atoms with Gasteiger partial charge in [-0.15, -0.1) is 36.7 Å². The van der Waals surface area contributed by atoms with Crippen molar-refractivity contribution in [3.8, 4) is 11.8 Å². The molecule has 102 valence electrons. The first kappa shape index (κ1) is 14.4. The third-order valence-electron chi connectivity index (χ3n) is 2.69. The number of thioether (sulfide) groups is 2. The molecule has 1 saturated heterocycles. The number of benzene rings is 1. The van der Waals surface area contributed by atoms with Gasteiger partial charge in [0.05, 0.1) is 9.64 Å². The Morgan fingerprint density at radius 2 is 1.95 bits per heavy atom. The third-order valence-corrected chi connectivity index (χ3v) is 6.04. The molecule has 1 aromatic rings. The number of alkyl halides is 3. The smallest absolute Gasteiger partial charge is 0.404 e. The topological polar surface area (TPSA) is 33.0 Å². The van der Waals surface area contributed by atoms with Gasteiger partial charge in [0.15, 0.2) is 0 Å². The van der Waals surface area contributed by atoms with Crippen LogP contribution in [0.25, 0.3) is 0 Å². The Morgan fingerprint density at radius 1 is 1.32 bits per heavy atom. The molecule has 0 atom stereocenters. The van der Waals surface area contributed by atoms with Gasteiger partial charge in [0.2, 0.25) is 0 Å². The molecule has 2 nitrogen and oxygen atoms in total. The monoisotopic (exact) mass is 305 g/mol. The average Bonchev–Trinajstić information content (AvgIpc) is 2.76. The molecule has 0 bridgehead atoms. The van der Waals surface area contributed by atoms with Crippen molar-refractivity contribution < 1.29 is 17.9 Å². The van der Waals surface area contributed by atoms with E-state index in [1.165, 1.54) is 12.1 Å². The van der Waals surface area contributed by atoms with Crippen LogP contribution >= 0.6 is 23.5 Å². The zero-order valence-corrected chi connectivity index (χ0v) is 11.6. The van der Waals surface area contributed by atoms with Crippen LogP contribution in [-0.2, 0) is 4.08 Å². The summed E-state index contributed by atoms with van der Waals surface area (Å²) in [5.41, 5.74) is 0.746. The highest BCUT2D eigenvalue weighted by atomic mass is 32.2. The summed E-state index contributed by atoms with van der Waals surface area (Å²) in [6.45, 7) is 2.01. The summed E-state index contributed by atoms with van der Waals surface area (Å²) in [6.07, 6.45) is -4.78. The van der Waals surface area contributed by atoms with Crippen LogP contribution in [0.2, 0.25) is 0 Å². The Bertz CT molecular complexity index is 519. The van der Waals surface area contributed by atoms with Crippen LogP contribution in [0.4, 0.5) is 13.2 Å². The summed E-state index contributed by atoms with van der Waals surface area (Å²) in [5.74, 6) is 1.53. The first-order valence-corrected chi connectivity index (χ1v) is 7.39. The molecule has 2 rings (SSSR count). The van der Waals surface area contributed by atoms with E-state index in [9.17, 15) is 13.2 Å². The summed E-state index contributed by atoms with van der Waals surface area (Å²) in [5, 5.41) is 8.96. The molecule has 0 radical (unpaired) electrons. The Kier molecular flexibility index (Phi) is 3.92. The molecule has 1 aromatic carbocycles. The average molecular weight is 305 g/mol. The zero-order chi connectivity index (χ0) is 14.1. The molecule has 1 heterocycles. The maximum Gasteiger partial charge on any atom is 0.573 e. The molecular weight excluding hydrogens is 295 g/mol. The SMILES string of the molecule is CC1(c2ccc(OC(F)(F)F)c(C#N)c2)SCCS1. The van der Waals surface area contributed by atoms with Gasteiger partial charge >= 0.3 is 6.36 Å². The van der Waals surface area contributed by atoms with Gasteiger partial charge < -0.3 is 4.74 Å². The van der Waals surface area contributed by atoms with E-state index in [4.69, 9.17) is 5.26 Å². The Hall–Kier alpha value is -1.00. The number of nitriles is 1. The second-order valence-electron chi connectivity index (χ2n) is 4.01. The summed E-state index contributed by atoms with van der Waals surface area (Å²) < 4.78 is 40.2. The summed E-state index contributed by atoms with van der Waals surface area (Å²) in [7, 11) is 0. The molecule has 0 aliphatic carbocycles. The summed E-state index contributed by atoms with van der Waals surface area (Å²) in [6, 6.07) is 6.04. The van der Waals surface area contributed by atoms with E-state index >= 15 is 0 Å². The van der Waals surface area contributed by atoms with Crippen LogP contribution in [0.3, 0.4) is 0 Å². The van der Waals surface area contributed by atoms with Crippen molar-refractivity contribution in [3.05, 3.63) is 29.3 Å². The quantitative estimate of drug-likeness (QED) is 0.823. The van der Waals surface area contributed by atoms with Crippen molar-refractivity contribution in [2.24, 2.45) is 0 Å². The van der Waals surface area contributed by atoms with Crippen molar-refractivity contribution in [2.45, 2.75) is 17.4 Å². The number of ether oxygens (including phenoxy) is 1. The van der Waals surface area contributed by atoms with E-state index in [1.807, 2.05) is 6.92 Å². The molecule has 0 N–H and O–H groups in total. The van der Waals surface area contributed by atoms with Crippen molar-refractivity contribution in [1.82, 2.24) is 0 Å². The number of halogens is 3. The predicted molar refractivity (Wildman–Crippen MR) is 70.1 cm³/mol. The van der Waals surface area contributed by atoms with E-state index in [0.717, 1.165) is 17.1 Å². The lowest BCUT2D eigenvalue weighted by atomic mass is 10.1. The molecule has 1 fully saturated rings. The summed E-state index contributed by atoms with van der Waals surface area (Å²) in [4.78, 5) is 0. The number of hydrogen-bond acceptors (Lipinski definition) is 4. The lowest BCUT2D eigenvalue weighted by molar-refractivity contribution is -0.274. The summed E-state index contributed by atoms with van der Waals surface area (Å²) >= 11 is 3.45. The molecule has 0 saturated carbocycles. The van der Waals surface area contributed by atoms with Crippen molar-refractivity contribution in [2.75, 3.05) is 11.5 Å². The van der Waals surface area contributed by atoms with E-state index in [-0.39, 0.29) is 9.64 Å². The van der Waals surface area contributed by atoms with Gasteiger partial charge in [0.1, 0.15) is 11.8 Å². The molecule has 0 unspecified atom stereocenters. The fourth-order valence-corrected chi connectivity index (χ4v) is 4.66. The Labute approximate surface area is 117 Å². The number of nitrogens with zero attached hydrogens (tertiary/aromatic N) is 1. The fourth-order valence-electron chi connectivity index (χ4n) is 1.79. The van der Waals surface area contributed by atoms with Gasteiger partial charge in [-0.3, -0.25) is 0 Å². The lowest BCUT2D eigenvalue weighted by Gasteiger charge is -2.23. The molecule has 1 aliphatic heterocycles. The zero-order valence-electron chi connectivity index (χ0n) is 9.95. The van der Waals surface area contributed by atoms with Crippen LogP contribution in [0.15, 0.2) is 18.2 Å². The normalized spacial score (nSPS) is 18.1. The molecule has 19 heavy (non-hydrogen) atoms. The minimum Gasteiger partial charge on any atom is -0.404 e. The molecular formula is C12H10F3NOS2. The van der Waals surface area contributed by atoms with Gasteiger partial charge in [0, 0.05) is 11.5 Å². The van der Waals surface area contributed by atoms with Gasteiger partial charge in [-0.2, -0.15) is 5.26 Å². The highest BCUT2D eigenvalue weighted by Crippen LogP contribution is 2.51. The van der Waals surface area contributed by atoms with E-state index in [1.54, 1.807) is 35.7 Å². The van der Waals surface area contributed by atoms with E-state index in [0.29, 0.717) is 0 Å². The fraction of sp³-hybridized carbons (Fsp3) is 0.417. The van der Waals surface area contributed by atoms with Crippen LogP contribution < -0.4 is 4.74 Å². The minimum absolute atomic E-state index is 0.0934. The molecule has 0 aromatic heterocycles. The van der Waals surface area contributed by atoms with Crippen molar-refractivity contribution >= 4 is 23.5 Å². The van der Waals surface area contributed by atoms with Gasteiger partial charge in [-0.05, 0) is 24.6 Å². The van der Waals surface area contributed by atoms with Gasteiger partial charge in [-0.25, -0.2) is 0 Å². The second kappa shape index (κ2) is 5.17. The van der Waals surface area contributed by atoms with Crippen molar-refractivity contribution in [3.63, 3.8) is 0 Å². The van der Waals surface area contributed by atoms with E-state index in [2.05, 4.69) is 4.74 Å². The third kappa shape index (κ3) is 3.31. The molecule has 0 amide bonds. The second-order valence-corrected chi connectivity index (χ2v) is 7.30. The van der Waals surface area contributed by atoms with Gasteiger partial charge in [-0.1, -0.05) is 6.07 Å². The standard InChI is InChI=1S/C12H10F3NOS2/c1-11(18-4-5-19-11)9-2-3-10(8(6-9)7-16)17-12(13,14)15/h2-3,6H,4-5H2,1H3. The van der Waals surface area contributed by atoms with Gasteiger partial charge in [0.25, 0.3) is 0 Å². The first-order valence-electron chi connectivity index (χ1n) is 5.42. The minimum atomic E-state index is -4.78. The first-order chi connectivity index (χ1) is 8.84. The number of hydrogen-bond donors (Lipinski definition) is 0. The molecule has 1 aliphatic rings. The highest BCUT2D eigenvalue weighted by molar-refractivity contribution is 8.20. The molecule has 7 heteroatoms. The maximum absolute atomic E-state index is 12.2. The highest BCUT2D eigenvalue weighted by Gasteiger charge is 2.35. The van der Waals surface area contributed by atoms with Crippen molar-refractivity contribution in [1.29, 1.82) is 5.26 Å². The van der Waals surface area contributed by atoms with Crippen LogP contribution in [0.5, 0.6) is 5.75 Å². The predicted octanol–water partition coefficient (Wildman–Crippen LogP) is 4.11. The lowest BCUT2D eigenvalue weighted by Crippen LogP contribution is -2.18. The number of rotatable bonds is 2.